The van der Waals surface area contributed by atoms with E-state index in [2.05, 4.69) is 43.5 Å². The van der Waals surface area contributed by atoms with Crippen molar-refractivity contribution in [1.29, 1.82) is 0 Å². The van der Waals surface area contributed by atoms with Gasteiger partial charge < -0.3 is 15.5 Å². The Morgan fingerprint density at radius 2 is 1.96 bits per heavy atom. The molecule has 2 aromatic rings. The molecule has 6 heteroatoms. The lowest BCUT2D eigenvalue weighted by Gasteiger charge is -2.35. The van der Waals surface area contributed by atoms with Gasteiger partial charge in [-0.3, -0.25) is 4.98 Å². The molecule has 6 nitrogen and oxygen atoms in total. The Bertz CT molecular complexity index is 754. The van der Waals surface area contributed by atoms with Crippen LogP contribution in [0.4, 0.5) is 11.8 Å². The van der Waals surface area contributed by atoms with Crippen LogP contribution < -0.4 is 10.6 Å². The molecule has 3 heterocycles. The fourth-order valence-electron chi connectivity index (χ4n) is 2.80. The molecule has 0 radical (unpaired) electrons. The zero-order valence-electron chi connectivity index (χ0n) is 14.2. The molecule has 2 N–H and O–H groups in total. The van der Waals surface area contributed by atoms with Crippen molar-refractivity contribution < 1.29 is 0 Å². The number of anilines is 2. The summed E-state index contributed by atoms with van der Waals surface area (Å²) in [5.41, 5.74) is 8.41. The third-order valence-electron chi connectivity index (χ3n) is 4.20. The fraction of sp³-hybridized carbons (Fsp3) is 0.389. The lowest BCUT2D eigenvalue weighted by atomic mass is 10.1. The molecule has 0 amide bonds. The predicted octanol–water partition coefficient (Wildman–Crippen LogP) is 1.30. The van der Waals surface area contributed by atoms with Crippen molar-refractivity contribution in [1.82, 2.24) is 19.9 Å². The fourth-order valence-corrected chi connectivity index (χ4v) is 2.80. The molecule has 0 aromatic carbocycles. The van der Waals surface area contributed by atoms with Crippen LogP contribution in [0, 0.1) is 18.8 Å². The number of nitrogen functional groups attached to an aromatic ring is 1. The van der Waals surface area contributed by atoms with Gasteiger partial charge >= 0.3 is 0 Å². The molecule has 2 aromatic heterocycles. The maximum Gasteiger partial charge on any atom is 0.222 e. The summed E-state index contributed by atoms with van der Waals surface area (Å²) in [7, 11) is 0. The summed E-state index contributed by atoms with van der Waals surface area (Å²) < 4.78 is 0. The second-order valence-electron chi connectivity index (χ2n) is 5.78. The van der Waals surface area contributed by atoms with Crippen LogP contribution in [0.1, 0.15) is 23.7 Å². The van der Waals surface area contributed by atoms with Gasteiger partial charge in [0.1, 0.15) is 5.82 Å². The summed E-state index contributed by atoms with van der Waals surface area (Å²) in [5, 5.41) is 0. The molecule has 0 unspecified atom stereocenters. The summed E-state index contributed by atoms with van der Waals surface area (Å²) >= 11 is 0. The van der Waals surface area contributed by atoms with Gasteiger partial charge in [-0.15, -0.1) is 0 Å². The number of nitrogens with two attached hydrogens (primary N) is 1. The average Bonchev–Trinajstić information content (AvgIpc) is 2.61. The van der Waals surface area contributed by atoms with E-state index in [0.29, 0.717) is 5.95 Å². The molecule has 1 fully saturated rings. The molecule has 1 aliphatic rings. The molecule has 3 rings (SSSR count). The molecule has 0 aliphatic carbocycles. The zero-order chi connectivity index (χ0) is 16.9. The van der Waals surface area contributed by atoms with Gasteiger partial charge in [-0.05, 0) is 25.6 Å². The maximum absolute atomic E-state index is 5.88. The van der Waals surface area contributed by atoms with Crippen molar-refractivity contribution in [2.75, 3.05) is 43.4 Å². The lowest BCUT2D eigenvalue weighted by molar-refractivity contribution is 0.270. The number of likely N-dealkylation sites (N-methyl/N-ethyl adjacent to an activating group) is 1. The van der Waals surface area contributed by atoms with E-state index in [1.807, 2.05) is 19.1 Å². The molecule has 1 saturated heterocycles. The van der Waals surface area contributed by atoms with Crippen molar-refractivity contribution in [2.24, 2.45) is 0 Å². The Hall–Kier alpha value is -2.65. The first-order valence-corrected chi connectivity index (χ1v) is 8.21. The van der Waals surface area contributed by atoms with Crippen molar-refractivity contribution >= 4 is 11.8 Å². The Kier molecular flexibility index (Phi) is 4.92. The van der Waals surface area contributed by atoms with Crippen molar-refractivity contribution in [3.63, 3.8) is 0 Å². The molecule has 0 spiro atoms. The number of rotatable bonds is 2. The quantitative estimate of drug-likeness (QED) is 0.841. The van der Waals surface area contributed by atoms with E-state index in [4.69, 9.17) is 5.73 Å². The summed E-state index contributed by atoms with van der Waals surface area (Å²) in [4.78, 5) is 17.5. The minimum atomic E-state index is 0.298. The average molecular weight is 322 g/mol. The molecule has 0 atom stereocenters. The van der Waals surface area contributed by atoms with Gasteiger partial charge in [0, 0.05) is 44.1 Å². The third-order valence-corrected chi connectivity index (χ3v) is 4.20. The largest absolute Gasteiger partial charge is 0.368 e. The summed E-state index contributed by atoms with van der Waals surface area (Å²) in [5.74, 6) is 7.51. The van der Waals surface area contributed by atoms with Gasteiger partial charge in [0.25, 0.3) is 0 Å². The Morgan fingerprint density at radius 3 is 2.62 bits per heavy atom. The van der Waals surface area contributed by atoms with E-state index in [0.717, 1.165) is 55.4 Å². The van der Waals surface area contributed by atoms with Gasteiger partial charge in [0.05, 0.1) is 11.3 Å². The van der Waals surface area contributed by atoms with Crippen LogP contribution in [0.3, 0.4) is 0 Å². The highest BCUT2D eigenvalue weighted by Gasteiger charge is 2.21. The van der Waals surface area contributed by atoms with Crippen LogP contribution in [-0.4, -0.2) is 52.6 Å². The number of nitrogens with zero attached hydrogens (tertiary/aromatic N) is 5. The van der Waals surface area contributed by atoms with Crippen LogP contribution in [0.2, 0.25) is 0 Å². The number of aromatic nitrogens is 3. The zero-order valence-corrected chi connectivity index (χ0v) is 14.2. The molecule has 124 valence electrons. The standard InChI is InChI=1S/C18H22N6/c1-3-23-9-11-24(12-10-23)17-16(14(2)21-18(19)22-17)7-6-15-5-4-8-20-13-15/h4-5,8,13H,3,9-12H2,1-2H3,(H2,19,21,22). The monoisotopic (exact) mass is 322 g/mol. The van der Waals surface area contributed by atoms with E-state index in [9.17, 15) is 0 Å². The first-order valence-electron chi connectivity index (χ1n) is 8.21. The van der Waals surface area contributed by atoms with E-state index < -0.39 is 0 Å². The topological polar surface area (TPSA) is 71.2 Å². The van der Waals surface area contributed by atoms with Crippen molar-refractivity contribution in [3.05, 3.63) is 41.3 Å². The van der Waals surface area contributed by atoms with E-state index >= 15 is 0 Å². The SMILES string of the molecule is CCN1CCN(c2nc(N)nc(C)c2C#Cc2cccnc2)CC1. The second-order valence-corrected chi connectivity index (χ2v) is 5.78. The van der Waals surface area contributed by atoms with Crippen LogP contribution in [0.5, 0.6) is 0 Å². The lowest BCUT2D eigenvalue weighted by Crippen LogP contribution is -2.46. The van der Waals surface area contributed by atoms with Crippen molar-refractivity contribution in [2.45, 2.75) is 13.8 Å². The maximum atomic E-state index is 5.88. The van der Waals surface area contributed by atoms with Gasteiger partial charge in [-0.2, -0.15) is 4.98 Å². The number of piperazine rings is 1. The third kappa shape index (κ3) is 3.63. The normalized spacial score (nSPS) is 15.0. The predicted molar refractivity (Wildman–Crippen MR) is 95.7 cm³/mol. The van der Waals surface area contributed by atoms with Gasteiger partial charge in [0.2, 0.25) is 5.95 Å². The van der Waals surface area contributed by atoms with Crippen LogP contribution in [0.15, 0.2) is 24.5 Å². The van der Waals surface area contributed by atoms with Crippen molar-refractivity contribution in [3.8, 4) is 11.8 Å². The summed E-state index contributed by atoms with van der Waals surface area (Å²) in [6.45, 7) is 9.08. The molecule has 24 heavy (non-hydrogen) atoms. The highest BCUT2D eigenvalue weighted by Crippen LogP contribution is 2.22. The minimum absolute atomic E-state index is 0.298. The highest BCUT2D eigenvalue weighted by atomic mass is 15.3. The molecular weight excluding hydrogens is 300 g/mol. The van der Waals surface area contributed by atoms with Gasteiger partial charge in [0.15, 0.2) is 0 Å². The number of aryl methyl sites for hydroxylation is 1. The molecule has 0 bridgehead atoms. The van der Waals surface area contributed by atoms with Gasteiger partial charge in [-0.25, -0.2) is 4.98 Å². The Balaban J connectivity index is 1.93. The summed E-state index contributed by atoms with van der Waals surface area (Å²) in [6, 6.07) is 3.81. The minimum Gasteiger partial charge on any atom is -0.368 e. The molecular formula is C18H22N6. The first kappa shape index (κ1) is 16.2. The van der Waals surface area contributed by atoms with Crippen LogP contribution in [-0.2, 0) is 0 Å². The van der Waals surface area contributed by atoms with E-state index in [-0.39, 0.29) is 0 Å². The van der Waals surface area contributed by atoms with E-state index in [1.165, 1.54) is 0 Å². The Morgan fingerprint density at radius 1 is 1.17 bits per heavy atom. The van der Waals surface area contributed by atoms with Crippen LogP contribution in [0.25, 0.3) is 0 Å². The highest BCUT2D eigenvalue weighted by molar-refractivity contribution is 5.61. The number of pyridine rings is 1. The van der Waals surface area contributed by atoms with Crippen LogP contribution >= 0.6 is 0 Å². The van der Waals surface area contributed by atoms with Gasteiger partial charge in [-0.1, -0.05) is 18.8 Å². The smallest absolute Gasteiger partial charge is 0.222 e. The van der Waals surface area contributed by atoms with E-state index in [1.54, 1.807) is 12.4 Å². The molecule has 1 aliphatic heterocycles. The summed E-state index contributed by atoms with van der Waals surface area (Å²) in [6.07, 6.45) is 3.49. The first-order chi connectivity index (χ1) is 11.7. The second kappa shape index (κ2) is 7.28. The number of hydrogen-bond acceptors (Lipinski definition) is 6. The number of hydrogen-bond donors (Lipinski definition) is 1. The molecule has 0 saturated carbocycles. The Labute approximate surface area is 142 Å².